The van der Waals surface area contributed by atoms with E-state index in [0.29, 0.717) is 43.0 Å². The Bertz CT molecular complexity index is 1270. The molecule has 35 heavy (non-hydrogen) atoms. The summed E-state index contributed by atoms with van der Waals surface area (Å²) in [7, 11) is -3.39. The molecule has 0 aliphatic carbocycles. The summed E-state index contributed by atoms with van der Waals surface area (Å²) in [6.07, 6.45) is 1.31. The van der Waals surface area contributed by atoms with Crippen LogP contribution in [-0.2, 0) is 21.2 Å². The molecule has 0 bridgehead atoms. The number of anilines is 1. The van der Waals surface area contributed by atoms with E-state index in [4.69, 9.17) is 4.74 Å². The number of hydrogen-bond acceptors (Lipinski definition) is 6. The van der Waals surface area contributed by atoms with E-state index in [1.165, 1.54) is 0 Å². The van der Waals surface area contributed by atoms with Crippen LogP contribution < -0.4 is 14.8 Å². The Labute approximate surface area is 205 Å². The molecule has 0 spiro atoms. The van der Waals surface area contributed by atoms with Crippen molar-refractivity contribution in [3.8, 4) is 5.75 Å². The zero-order chi connectivity index (χ0) is 25.6. The van der Waals surface area contributed by atoms with E-state index in [0.717, 1.165) is 28.4 Å². The molecule has 0 aliphatic heterocycles. The van der Waals surface area contributed by atoms with Gasteiger partial charge in [0.05, 0.1) is 18.3 Å². The predicted molar refractivity (Wildman–Crippen MR) is 136 cm³/mol. The molecule has 10 heteroatoms. The maximum absolute atomic E-state index is 11.4. The van der Waals surface area contributed by atoms with E-state index < -0.39 is 28.0 Å². The minimum Gasteiger partial charge on any atom is -0.492 e. The number of carbonyl (C=O) groups is 1. The van der Waals surface area contributed by atoms with Crippen molar-refractivity contribution in [2.75, 3.05) is 30.7 Å². The van der Waals surface area contributed by atoms with Crippen molar-refractivity contribution < 1.29 is 28.2 Å². The molecule has 0 saturated carbocycles. The highest BCUT2D eigenvalue weighted by atomic mass is 32.2. The summed E-state index contributed by atoms with van der Waals surface area (Å²) in [5.74, 6) is -0.514. The fourth-order valence-corrected chi connectivity index (χ4v) is 4.50. The van der Waals surface area contributed by atoms with Crippen molar-refractivity contribution in [2.45, 2.75) is 32.8 Å². The van der Waals surface area contributed by atoms with E-state index in [2.05, 4.69) is 15.0 Å². The van der Waals surface area contributed by atoms with Gasteiger partial charge in [-0.05, 0) is 48.7 Å². The first kappa shape index (κ1) is 26.5. The third-order valence-electron chi connectivity index (χ3n) is 5.89. The second kappa shape index (κ2) is 11.6. The molecule has 1 aromatic heterocycles. The van der Waals surface area contributed by atoms with Crippen LogP contribution in [-0.4, -0.2) is 55.5 Å². The van der Waals surface area contributed by atoms with E-state index in [-0.39, 0.29) is 6.54 Å². The molecule has 3 rings (SSSR count). The molecule has 2 aromatic carbocycles. The van der Waals surface area contributed by atoms with Gasteiger partial charge in [0.25, 0.3) is 0 Å². The van der Waals surface area contributed by atoms with Crippen LogP contribution in [0.15, 0.2) is 42.5 Å². The van der Waals surface area contributed by atoms with Gasteiger partial charge < -0.3 is 25.3 Å². The van der Waals surface area contributed by atoms with Crippen molar-refractivity contribution in [2.24, 2.45) is 5.92 Å². The monoisotopic (exact) mass is 503 g/mol. The van der Waals surface area contributed by atoms with Gasteiger partial charge in [-0.3, -0.25) is 9.52 Å². The standard InChI is InChI=1S/C25H33N3O6S/c1-4-17(25(30)31)13-22-16(2)21-9-8-20(14-23(21)27-22)34-11-10-26-15-24(29)18-6-5-7-19(12-18)28-35(3,32)33/h5-9,12,14,17,24,26-29H,4,10-11,13,15H2,1-3H3,(H,30,31)/t17-,24?/m1/s1. The Morgan fingerprint density at radius 3 is 2.66 bits per heavy atom. The molecule has 190 valence electrons. The molecule has 9 nitrogen and oxygen atoms in total. The van der Waals surface area contributed by atoms with E-state index in [1.807, 2.05) is 32.0 Å². The summed E-state index contributed by atoms with van der Waals surface area (Å²) in [5.41, 5.74) is 3.89. The maximum Gasteiger partial charge on any atom is 0.306 e. The average Bonchev–Trinajstić information content (AvgIpc) is 3.10. The molecule has 1 heterocycles. The number of hydrogen-bond donors (Lipinski definition) is 5. The summed E-state index contributed by atoms with van der Waals surface area (Å²) in [6.45, 7) is 5.04. The van der Waals surface area contributed by atoms with Gasteiger partial charge in [0.1, 0.15) is 12.4 Å². The van der Waals surface area contributed by atoms with Crippen LogP contribution in [0.5, 0.6) is 5.75 Å². The molecule has 0 saturated heterocycles. The van der Waals surface area contributed by atoms with Crippen LogP contribution in [0.1, 0.15) is 36.3 Å². The minimum absolute atomic E-state index is 0.284. The van der Waals surface area contributed by atoms with Crippen molar-refractivity contribution >= 4 is 32.6 Å². The lowest BCUT2D eigenvalue weighted by Gasteiger charge is -2.14. The molecular formula is C25H33N3O6S. The first-order valence-corrected chi connectivity index (χ1v) is 13.4. The number of ether oxygens (including phenoxy) is 1. The van der Waals surface area contributed by atoms with Gasteiger partial charge in [0, 0.05) is 47.9 Å². The summed E-state index contributed by atoms with van der Waals surface area (Å²) in [4.78, 5) is 14.7. The van der Waals surface area contributed by atoms with Gasteiger partial charge in [-0.2, -0.15) is 0 Å². The fourth-order valence-electron chi connectivity index (χ4n) is 3.94. The number of carboxylic acid groups (broad SMARTS) is 1. The lowest BCUT2D eigenvalue weighted by atomic mass is 9.98. The maximum atomic E-state index is 11.4. The van der Waals surface area contributed by atoms with Crippen LogP contribution in [0.4, 0.5) is 5.69 Å². The number of aromatic amines is 1. The van der Waals surface area contributed by atoms with Crippen LogP contribution in [0, 0.1) is 12.8 Å². The molecule has 0 radical (unpaired) electrons. The second-order valence-electron chi connectivity index (χ2n) is 8.65. The Morgan fingerprint density at radius 2 is 1.97 bits per heavy atom. The summed E-state index contributed by atoms with van der Waals surface area (Å²) in [6, 6.07) is 12.4. The van der Waals surface area contributed by atoms with E-state index in [9.17, 15) is 23.4 Å². The number of aryl methyl sites for hydroxylation is 1. The third kappa shape index (κ3) is 7.45. The summed E-state index contributed by atoms with van der Waals surface area (Å²) in [5, 5.41) is 23.9. The third-order valence-corrected chi connectivity index (χ3v) is 6.49. The highest BCUT2D eigenvalue weighted by Crippen LogP contribution is 2.27. The summed E-state index contributed by atoms with van der Waals surface area (Å²) >= 11 is 0. The molecule has 3 aromatic rings. The largest absolute Gasteiger partial charge is 0.492 e. The first-order valence-electron chi connectivity index (χ1n) is 11.5. The molecule has 5 N–H and O–H groups in total. The number of fused-ring (bicyclic) bond motifs is 1. The normalized spacial score (nSPS) is 13.5. The molecule has 1 unspecified atom stereocenters. The van der Waals surface area contributed by atoms with Crippen molar-refractivity contribution in [1.29, 1.82) is 0 Å². The average molecular weight is 504 g/mol. The second-order valence-corrected chi connectivity index (χ2v) is 10.4. The Hall–Kier alpha value is -3.08. The van der Waals surface area contributed by atoms with Crippen LogP contribution in [0.3, 0.4) is 0 Å². The summed E-state index contributed by atoms with van der Waals surface area (Å²) < 4.78 is 31.0. The number of rotatable bonds is 13. The van der Waals surface area contributed by atoms with Crippen molar-refractivity contribution in [1.82, 2.24) is 10.3 Å². The Morgan fingerprint density at radius 1 is 1.20 bits per heavy atom. The minimum atomic E-state index is -3.39. The number of nitrogens with one attached hydrogen (secondary N) is 3. The van der Waals surface area contributed by atoms with Crippen molar-refractivity contribution in [3.05, 3.63) is 59.3 Å². The number of benzene rings is 2. The number of aliphatic carboxylic acids is 1. The molecule has 0 aliphatic rings. The molecular weight excluding hydrogens is 470 g/mol. The highest BCUT2D eigenvalue weighted by Gasteiger charge is 2.19. The Balaban J connectivity index is 1.50. The smallest absolute Gasteiger partial charge is 0.306 e. The lowest BCUT2D eigenvalue weighted by Crippen LogP contribution is -2.26. The lowest BCUT2D eigenvalue weighted by molar-refractivity contribution is -0.141. The van der Waals surface area contributed by atoms with Crippen LogP contribution in [0.2, 0.25) is 0 Å². The van der Waals surface area contributed by atoms with Gasteiger partial charge >= 0.3 is 5.97 Å². The van der Waals surface area contributed by atoms with Crippen LogP contribution >= 0.6 is 0 Å². The predicted octanol–water partition coefficient (Wildman–Crippen LogP) is 3.20. The molecule has 0 fully saturated rings. The van der Waals surface area contributed by atoms with E-state index >= 15 is 0 Å². The SMILES string of the molecule is CC[C@H](Cc1[nH]c2cc(OCCNCC(O)c3cccc(NS(C)(=O)=O)c3)ccc2c1C)C(=O)O. The number of carboxylic acids is 1. The van der Waals surface area contributed by atoms with Gasteiger partial charge in [0.15, 0.2) is 0 Å². The first-order chi connectivity index (χ1) is 16.6. The fraction of sp³-hybridized carbons (Fsp3) is 0.400. The van der Waals surface area contributed by atoms with Crippen molar-refractivity contribution in [3.63, 3.8) is 0 Å². The topological polar surface area (TPSA) is 141 Å². The Kier molecular flexibility index (Phi) is 8.76. The quantitative estimate of drug-likeness (QED) is 0.226. The van der Waals surface area contributed by atoms with Gasteiger partial charge in [-0.25, -0.2) is 8.42 Å². The number of sulfonamides is 1. The van der Waals surface area contributed by atoms with Gasteiger partial charge in [0.2, 0.25) is 10.0 Å². The van der Waals surface area contributed by atoms with E-state index in [1.54, 1.807) is 24.3 Å². The number of aliphatic hydroxyl groups excluding tert-OH is 1. The number of aliphatic hydroxyl groups is 1. The number of H-pyrrole nitrogens is 1. The number of aromatic nitrogens is 1. The van der Waals surface area contributed by atoms with Gasteiger partial charge in [-0.15, -0.1) is 0 Å². The highest BCUT2D eigenvalue weighted by molar-refractivity contribution is 7.92. The molecule has 0 amide bonds. The zero-order valence-electron chi connectivity index (χ0n) is 20.2. The van der Waals surface area contributed by atoms with Crippen LogP contribution in [0.25, 0.3) is 10.9 Å². The zero-order valence-corrected chi connectivity index (χ0v) is 21.0. The molecule has 2 atom stereocenters. The van der Waals surface area contributed by atoms with Gasteiger partial charge in [-0.1, -0.05) is 19.1 Å².